The zero-order chi connectivity index (χ0) is 25.2. The van der Waals surface area contributed by atoms with Crippen molar-refractivity contribution >= 4 is 55.4 Å². The molecule has 0 saturated heterocycles. The fourth-order valence-electron chi connectivity index (χ4n) is 6.51. The van der Waals surface area contributed by atoms with E-state index in [0.717, 1.165) is 62.5 Å². The van der Waals surface area contributed by atoms with E-state index in [1.54, 1.807) is 12.3 Å². The Hall–Kier alpha value is -4.52. The Balaban J connectivity index is 1.61. The Labute approximate surface area is 210 Å². The summed E-state index contributed by atoms with van der Waals surface area (Å²) in [6.45, 7) is 4.98. The molecule has 0 radical (unpaired) electrons. The van der Waals surface area contributed by atoms with E-state index in [9.17, 15) is 9.59 Å². The molecular weight excluding hydrogens is 467 g/mol. The summed E-state index contributed by atoms with van der Waals surface area (Å²) < 4.78 is 17.2. The third-order valence-corrected chi connectivity index (χ3v) is 8.27. The lowest BCUT2D eigenvalue weighted by atomic mass is 9.78. The van der Waals surface area contributed by atoms with Crippen molar-refractivity contribution in [2.24, 2.45) is 0 Å². The number of rotatable bonds is 1. The molecule has 6 aromatic rings. The van der Waals surface area contributed by atoms with Crippen molar-refractivity contribution in [3.63, 3.8) is 0 Å². The second-order valence-electron chi connectivity index (χ2n) is 10.8. The van der Waals surface area contributed by atoms with E-state index in [-0.39, 0.29) is 11.2 Å². The molecule has 3 aromatic carbocycles. The topological polar surface area (TPSA) is 79.8 Å². The Morgan fingerprint density at radius 1 is 0.946 bits per heavy atom. The minimum atomic E-state index is -0.434. The number of benzene rings is 3. The maximum atomic E-state index is 15.0. The quantitative estimate of drug-likeness (QED) is 0.271. The van der Waals surface area contributed by atoms with Gasteiger partial charge < -0.3 is 9.55 Å². The summed E-state index contributed by atoms with van der Waals surface area (Å²) in [7, 11) is 0. The van der Waals surface area contributed by atoms with Crippen molar-refractivity contribution in [3.05, 3.63) is 77.4 Å². The molecule has 0 unspecified atom stereocenters. The van der Waals surface area contributed by atoms with Crippen molar-refractivity contribution in [2.45, 2.75) is 32.2 Å². The van der Waals surface area contributed by atoms with Crippen LogP contribution >= 0.6 is 0 Å². The van der Waals surface area contributed by atoms with E-state index in [1.807, 2.05) is 36.5 Å². The monoisotopic (exact) mass is 488 g/mol. The highest BCUT2D eigenvalue weighted by Gasteiger charge is 2.38. The van der Waals surface area contributed by atoms with Crippen LogP contribution in [0.5, 0.6) is 0 Å². The van der Waals surface area contributed by atoms with Gasteiger partial charge in [-0.25, -0.2) is 4.39 Å². The molecule has 0 aliphatic carbocycles. The van der Waals surface area contributed by atoms with Gasteiger partial charge in [-0.3, -0.25) is 19.9 Å². The van der Waals surface area contributed by atoms with Gasteiger partial charge in [0.2, 0.25) is 0 Å². The fraction of sp³-hybridized carbons (Fsp3) is 0.167. The summed E-state index contributed by atoms with van der Waals surface area (Å²) in [4.78, 5) is 34.2. The Bertz CT molecular complexity index is 2030. The SMILES string of the molecule is CC1(C)CCn2c3c1cc(F)cc3c1c3c(c4c5ccc(-c6cccnc6)cc5[nH]c4c12)C(=O)NC3=O. The Kier molecular flexibility index (Phi) is 3.69. The molecule has 0 fully saturated rings. The third kappa shape index (κ3) is 2.51. The Morgan fingerprint density at radius 2 is 1.76 bits per heavy atom. The maximum absolute atomic E-state index is 15.0. The molecule has 2 N–H and O–H groups in total. The molecule has 0 bridgehead atoms. The molecule has 37 heavy (non-hydrogen) atoms. The highest BCUT2D eigenvalue weighted by atomic mass is 19.1. The number of imide groups is 1. The van der Waals surface area contributed by atoms with Gasteiger partial charge in [0.05, 0.1) is 27.7 Å². The minimum absolute atomic E-state index is 0.218. The summed E-state index contributed by atoms with van der Waals surface area (Å²) in [5.41, 5.74) is 6.81. The van der Waals surface area contributed by atoms with Crippen molar-refractivity contribution in [1.29, 1.82) is 0 Å². The van der Waals surface area contributed by atoms with Crippen LogP contribution in [0.1, 0.15) is 46.5 Å². The van der Waals surface area contributed by atoms with Crippen LogP contribution in [0.25, 0.3) is 54.7 Å². The van der Waals surface area contributed by atoms with Gasteiger partial charge in [0.1, 0.15) is 5.82 Å². The number of carbonyl (C=O) groups excluding carboxylic acids is 2. The molecule has 5 heterocycles. The number of H-pyrrole nitrogens is 1. The Morgan fingerprint density at radius 3 is 2.54 bits per heavy atom. The highest BCUT2D eigenvalue weighted by Crippen LogP contribution is 2.48. The molecule has 2 amide bonds. The van der Waals surface area contributed by atoms with E-state index in [1.165, 1.54) is 6.07 Å². The summed E-state index contributed by atoms with van der Waals surface area (Å²) in [5.74, 6) is -1.19. The summed E-state index contributed by atoms with van der Waals surface area (Å²) in [6, 6.07) is 13.1. The first-order valence-electron chi connectivity index (χ1n) is 12.4. The average Bonchev–Trinajstić information content (AvgIpc) is 3.51. The first-order chi connectivity index (χ1) is 17.8. The predicted octanol–water partition coefficient (Wildman–Crippen LogP) is 6.20. The normalized spacial score (nSPS) is 16.3. The average molecular weight is 489 g/mol. The number of hydrogen-bond donors (Lipinski definition) is 2. The fourth-order valence-corrected chi connectivity index (χ4v) is 6.51. The number of pyridine rings is 1. The first-order valence-corrected chi connectivity index (χ1v) is 12.4. The third-order valence-electron chi connectivity index (χ3n) is 8.27. The molecule has 180 valence electrons. The van der Waals surface area contributed by atoms with E-state index >= 15 is 4.39 Å². The van der Waals surface area contributed by atoms with Gasteiger partial charge in [-0.2, -0.15) is 0 Å². The number of halogens is 1. The number of aromatic amines is 1. The summed E-state index contributed by atoms with van der Waals surface area (Å²) in [6.07, 6.45) is 4.38. The van der Waals surface area contributed by atoms with Crippen LogP contribution in [0.3, 0.4) is 0 Å². The second-order valence-corrected chi connectivity index (χ2v) is 10.8. The summed E-state index contributed by atoms with van der Waals surface area (Å²) in [5, 5.41) is 5.42. The van der Waals surface area contributed by atoms with Gasteiger partial charge in [-0.15, -0.1) is 0 Å². The number of nitrogens with zero attached hydrogens (tertiary/aromatic N) is 2. The number of hydrogen-bond acceptors (Lipinski definition) is 3. The smallest absolute Gasteiger partial charge is 0.259 e. The molecule has 0 spiro atoms. The van der Waals surface area contributed by atoms with Crippen LogP contribution in [0, 0.1) is 5.82 Å². The van der Waals surface area contributed by atoms with Crippen LogP contribution in [0.2, 0.25) is 0 Å². The zero-order valence-corrected chi connectivity index (χ0v) is 20.2. The highest BCUT2D eigenvalue weighted by molar-refractivity contribution is 6.39. The van der Waals surface area contributed by atoms with Gasteiger partial charge in [0, 0.05) is 51.6 Å². The number of nitrogens with one attached hydrogen (secondary N) is 2. The molecule has 6 nitrogen and oxygen atoms in total. The van der Waals surface area contributed by atoms with Gasteiger partial charge >= 0.3 is 0 Å². The molecule has 3 aromatic heterocycles. The second kappa shape index (κ2) is 6.62. The predicted molar refractivity (Wildman–Crippen MR) is 141 cm³/mol. The number of fused-ring (bicyclic) bond motifs is 10. The molecule has 2 aliphatic heterocycles. The van der Waals surface area contributed by atoms with Crippen molar-refractivity contribution in [2.75, 3.05) is 0 Å². The number of carbonyl (C=O) groups is 2. The van der Waals surface area contributed by atoms with Crippen molar-refractivity contribution in [1.82, 2.24) is 19.9 Å². The number of aromatic nitrogens is 3. The molecule has 0 atom stereocenters. The lowest BCUT2D eigenvalue weighted by molar-refractivity contribution is 0.0880. The first kappa shape index (κ1) is 20.7. The van der Waals surface area contributed by atoms with Crippen LogP contribution in [0.15, 0.2) is 54.9 Å². The van der Waals surface area contributed by atoms with Crippen LogP contribution in [-0.4, -0.2) is 26.3 Å². The molecular formula is C30H21FN4O2. The molecule has 2 aliphatic rings. The van der Waals surface area contributed by atoms with E-state index in [4.69, 9.17) is 0 Å². The van der Waals surface area contributed by atoms with Gasteiger partial charge in [-0.05, 0) is 47.2 Å². The number of aryl methyl sites for hydroxylation is 1. The van der Waals surface area contributed by atoms with Gasteiger partial charge in [0.15, 0.2) is 0 Å². The van der Waals surface area contributed by atoms with E-state index in [2.05, 4.69) is 33.7 Å². The lowest BCUT2D eigenvalue weighted by Gasteiger charge is -2.32. The van der Waals surface area contributed by atoms with Crippen molar-refractivity contribution in [3.8, 4) is 11.1 Å². The minimum Gasteiger partial charge on any atom is -0.353 e. The van der Waals surface area contributed by atoms with Crippen LogP contribution in [0.4, 0.5) is 4.39 Å². The largest absolute Gasteiger partial charge is 0.353 e. The van der Waals surface area contributed by atoms with E-state index in [0.29, 0.717) is 21.9 Å². The molecule has 0 saturated carbocycles. The molecule has 7 heteroatoms. The summed E-state index contributed by atoms with van der Waals surface area (Å²) >= 11 is 0. The molecule has 8 rings (SSSR count). The number of amides is 2. The van der Waals surface area contributed by atoms with Crippen LogP contribution in [-0.2, 0) is 12.0 Å². The zero-order valence-electron chi connectivity index (χ0n) is 20.2. The standard InChI is InChI=1S/C30H21FN4O2/c1-30(2)7-9-35-26-18(11-16(31)12-19(26)30)22-24-23(28(36)34-29(24)37)21-17-6-5-14(15-4-3-8-32-13-15)10-20(17)33-25(21)27(22)35/h3-6,8,10-13,33H,7,9H2,1-2H3,(H,34,36,37). The van der Waals surface area contributed by atoms with Gasteiger partial charge in [-0.1, -0.05) is 32.0 Å². The lowest BCUT2D eigenvalue weighted by Crippen LogP contribution is -2.25. The van der Waals surface area contributed by atoms with Gasteiger partial charge in [0.25, 0.3) is 11.8 Å². The maximum Gasteiger partial charge on any atom is 0.259 e. The van der Waals surface area contributed by atoms with E-state index < -0.39 is 11.8 Å². The van der Waals surface area contributed by atoms with Crippen LogP contribution < -0.4 is 5.32 Å². The van der Waals surface area contributed by atoms with Crippen molar-refractivity contribution < 1.29 is 14.0 Å².